The molecule has 1 aliphatic rings. The Bertz CT molecular complexity index is 1130. The Morgan fingerprint density at radius 1 is 1.26 bits per heavy atom. The zero-order valence-electron chi connectivity index (χ0n) is 19.0. The van der Waals surface area contributed by atoms with E-state index < -0.39 is 49.4 Å². The number of hydrogen-bond donors (Lipinski definition) is 3. The molecule has 12 nitrogen and oxygen atoms in total. The molecule has 2 aromatic rings. The van der Waals surface area contributed by atoms with Gasteiger partial charge >= 0.3 is 19.4 Å². The molecule has 3 rings (SSSR count). The molecule has 1 unspecified atom stereocenters. The fraction of sp³-hybridized carbons (Fsp3) is 0.476. The monoisotopic (exact) mass is 497 g/mol. The molecule has 3 N–H and O–H groups in total. The first-order valence-electron chi connectivity index (χ1n) is 10.7. The molecule has 0 saturated carbocycles. The summed E-state index contributed by atoms with van der Waals surface area (Å²) in [6.45, 7) is 4.56. The molecule has 0 amide bonds. The second kappa shape index (κ2) is 11.1. The van der Waals surface area contributed by atoms with Gasteiger partial charge in [0.15, 0.2) is 6.23 Å². The fourth-order valence-electron chi connectivity index (χ4n) is 3.23. The first-order valence-corrected chi connectivity index (χ1v) is 12.2. The third-order valence-electron chi connectivity index (χ3n) is 4.75. The number of H-pyrrole nitrogens is 1. The van der Waals surface area contributed by atoms with Crippen LogP contribution in [0.3, 0.4) is 0 Å². The van der Waals surface area contributed by atoms with Crippen molar-refractivity contribution in [2.75, 3.05) is 6.61 Å². The fourth-order valence-corrected chi connectivity index (χ4v) is 4.75. The summed E-state index contributed by atoms with van der Waals surface area (Å²) in [5, 5.41) is 12.9. The van der Waals surface area contributed by atoms with Crippen LogP contribution in [0.2, 0.25) is 0 Å². The van der Waals surface area contributed by atoms with E-state index in [4.69, 9.17) is 18.5 Å². The topological polar surface area (TPSA) is 158 Å². The van der Waals surface area contributed by atoms with Crippen molar-refractivity contribution < 1.29 is 33.0 Å². The van der Waals surface area contributed by atoms with E-state index in [2.05, 4.69) is 10.1 Å². The number of aromatic nitrogens is 2. The molecule has 1 aromatic carbocycles. The molecule has 34 heavy (non-hydrogen) atoms. The average molecular weight is 497 g/mol. The summed E-state index contributed by atoms with van der Waals surface area (Å²) in [5.74, 6) is -0.395. The minimum Gasteiger partial charge on any atom is -0.462 e. The van der Waals surface area contributed by atoms with Crippen LogP contribution >= 0.6 is 7.75 Å². The number of benzene rings is 1. The molecule has 5 atom stereocenters. The molecule has 0 bridgehead atoms. The number of carbonyl (C=O) groups is 1. The van der Waals surface area contributed by atoms with Gasteiger partial charge in [0.2, 0.25) is 0 Å². The molecule has 1 fully saturated rings. The summed E-state index contributed by atoms with van der Waals surface area (Å²) in [4.78, 5) is 37.6. The lowest BCUT2D eigenvalue weighted by molar-refractivity contribution is -0.149. The van der Waals surface area contributed by atoms with Crippen molar-refractivity contribution >= 4 is 13.7 Å². The van der Waals surface area contributed by atoms with E-state index in [1.165, 1.54) is 13.1 Å². The molecule has 0 spiro atoms. The van der Waals surface area contributed by atoms with Crippen LogP contribution in [0.1, 0.15) is 33.4 Å². The van der Waals surface area contributed by atoms with Gasteiger partial charge in [-0.2, -0.15) is 5.09 Å². The number of aliphatic hydroxyl groups excluding tert-OH is 1. The molecule has 186 valence electrons. The van der Waals surface area contributed by atoms with Crippen LogP contribution < -0.4 is 20.9 Å². The zero-order valence-corrected chi connectivity index (χ0v) is 19.8. The van der Waals surface area contributed by atoms with Crippen molar-refractivity contribution in [2.24, 2.45) is 0 Å². The molecular formula is C21H28N3O9P. The van der Waals surface area contributed by atoms with Crippen molar-refractivity contribution in [3.8, 4) is 5.75 Å². The smallest absolute Gasteiger partial charge is 0.459 e. The minimum absolute atomic E-state index is 0.0620. The van der Waals surface area contributed by atoms with Gasteiger partial charge in [0, 0.05) is 18.7 Å². The second-order valence-corrected chi connectivity index (χ2v) is 9.70. The lowest BCUT2D eigenvalue weighted by Crippen LogP contribution is -2.36. The molecule has 2 heterocycles. The predicted octanol–water partition coefficient (Wildman–Crippen LogP) is 1.32. The number of aromatic amines is 1. The largest absolute Gasteiger partial charge is 0.462 e. The summed E-state index contributed by atoms with van der Waals surface area (Å²) in [6, 6.07) is 8.37. The van der Waals surface area contributed by atoms with E-state index in [1.807, 2.05) is 0 Å². The van der Waals surface area contributed by atoms with Gasteiger partial charge in [0.25, 0.3) is 5.56 Å². The maximum atomic E-state index is 13.5. The van der Waals surface area contributed by atoms with E-state index in [0.29, 0.717) is 0 Å². The van der Waals surface area contributed by atoms with Crippen molar-refractivity contribution in [1.29, 1.82) is 0 Å². The Kier molecular flexibility index (Phi) is 8.45. The number of hydrogen-bond acceptors (Lipinski definition) is 9. The summed E-state index contributed by atoms with van der Waals surface area (Å²) >= 11 is 0. The summed E-state index contributed by atoms with van der Waals surface area (Å²) in [6.07, 6.45) is -2.00. The van der Waals surface area contributed by atoms with Crippen LogP contribution in [-0.2, 0) is 23.4 Å². The lowest BCUT2D eigenvalue weighted by atomic mass is 10.2. The highest BCUT2D eigenvalue weighted by atomic mass is 31.2. The van der Waals surface area contributed by atoms with Gasteiger partial charge in [-0.25, -0.2) is 9.36 Å². The number of para-hydroxylation sites is 1. The van der Waals surface area contributed by atoms with Crippen molar-refractivity contribution in [1.82, 2.24) is 14.6 Å². The number of ether oxygens (including phenoxy) is 2. The zero-order chi connectivity index (χ0) is 24.9. The SMILES string of the molecule is CC(C)OC(=O)[C@H](C)NP(=O)(OC[C@@H]1C[C@@H](O)[C@H](n2ccc(=O)[nH]c2=O)O1)Oc1ccccc1. The van der Waals surface area contributed by atoms with Crippen molar-refractivity contribution in [2.45, 2.75) is 57.8 Å². The third kappa shape index (κ3) is 6.87. The molecule has 1 saturated heterocycles. The Labute approximate surface area is 195 Å². The van der Waals surface area contributed by atoms with Crippen LogP contribution in [0.5, 0.6) is 5.75 Å². The molecule has 1 aliphatic heterocycles. The Balaban J connectivity index is 1.71. The van der Waals surface area contributed by atoms with Crippen LogP contribution in [-0.4, -0.2) is 51.6 Å². The highest BCUT2D eigenvalue weighted by molar-refractivity contribution is 7.52. The van der Waals surface area contributed by atoms with E-state index in [1.54, 1.807) is 44.2 Å². The molecule has 1 aromatic heterocycles. The Hall–Kier alpha value is -2.76. The van der Waals surface area contributed by atoms with Gasteiger partial charge in [0.1, 0.15) is 17.9 Å². The van der Waals surface area contributed by atoms with E-state index >= 15 is 0 Å². The van der Waals surface area contributed by atoms with Crippen molar-refractivity contribution in [3.05, 3.63) is 63.4 Å². The molecular weight excluding hydrogens is 469 g/mol. The lowest BCUT2D eigenvalue weighted by Gasteiger charge is -2.24. The summed E-state index contributed by atoms with van der Waals surface area (Å²) in [7, 11) is -4.10. The minimum atomic E-state index is -4.10. The third-order valence-corrected chi connectivity index (χ3v) is 6.39. The molecule has 13 heteroatoms. The van der Waals surface area contributed by atoms with Gasteiger partial charge in [-0.3, -0.25) is 23.7 Å². The Morgan fingerprint density at radius 3 is 2.62 bits per heavy atom. The number of aliphatic hydroxyl groups is 1. The van der Waals surface area contributed by atoms with E-state index in [-0.39, 0.29) is 24.9 Å². The van der Waals surface area contributed by atoms with Crippen LogP contribution in [0.15, 0.2) is 52.2 Å². The maximum Gasteiger partial charge on any atom is 0.459 e. The van der Waals surface area contributed by atoms with Gasteiger partial charge in [0.05, 0.1) is 18.8 Å². The van der Waals surface area contributed by atoms with Crippen LogP contribution in [0.4, 0.5) is 0 Å². The van der Waals surface area contributed by atoms with Gasteiger partial charge in [-0.1, -0.05) is 18.2 Å². The van der Waals surface area contributed by atoms with Gasteiger partial charge in [-0.05, 0) is 32.9 Å². The number of nitrogens with one attached hydrogen (secondary N) is 2. The number of carbonyl (C=O) groups excluding carboxylic acids is 1. The van der Waals surface area contributed by atoms with E-state index in [0.717, 1.165) is 10.6 Å². The van der Waals surface area contributed by atoms with Crippen LogP contribution in [0.25, 0.3) is 0 Å². The van der Waals surface area contributed by atoms with Crippen molar-refractivity contribution in [3.63, 3.8) is 0 Å². The Morgan fingerprint density at radius 2 is 1.97 bits per heavy atom. The highest BCUT2D eigenvalue weighted by Crippen LogP contribution is 2.45. The second-order valence-electron chi connectivity index (χ2n) is 8.00. The molecule has 0 aliphatic carbocycles. The predicted molar refractivity (Wildman–Crippen MR) is 120 cm³/mol. The highest BCUT2D eigenvalue weighted by Gasteiger charge is 2.39. The van der Waals surface area contributed by atoms with Crippen LogP contribution in [0, 0.1) is 0 Å². The number of esters is 1. The average Bonchev–Trinajstić information content (AvgIpc) is 3.13. The van der Waals surface area contributed by atoms with Gasteiger partial charge < -0.3 is 19.1 Å². The maximum absolute atomic E-state index is 13.5. The quantitative estimate of drug-likeness (QED) is 0.323. The number of nitrogens with zero attached hydrogens (tertiary/aromatic N) is 1. The van der Waals surface area contributed by atoms with E-state index in [9.17, 15) is 24.1 Å². The number of rotatable bonds is 10. The molecule has 0 radical (unpaired) electrons. The standard InChI is InChI=1S/C21H28N3O9P/c1-13(2)31-20(27)14(3)23-34(29,33-15-7-5-4-6-8-15)30-12-16-11-17(25)19(32-16)24-10-9-18(26)22-21(24)28/h4-10,13-14,16-17,19,25H,11-12H2,1-3H3,(H,23,29)(H,22,26,28)/t14-,16-,17+,19+,34?/m0/s1. The summed E-state index contributed by atoms with van der Waals surface area (Å²) in [5.41, 5.74) is -1.32. The summed E-state index contributed by atoms with van der Waals surface area (Å²) < 4.78 is 36.5. The first-order chi connectivity index (χ1) is 16.1. The normalized spacial score (nSPS) is 22.8. The van der Waals surface area contributed by atoms with Gasteiger partial charge in [-0.15, -0.1) is 0 Å². The first kappa shape index (κ1) is 25.9.